The van der Waals surface area contributed by atoms with Crippen LogP contribution >= 0.6 is 0 Å². The fraction of sp³-hybridized carbons (Fsp3) is 0.500. The molecule has 1 fully saturated rings. The summed E-state index contributed by atoms with van der Waals surface area (Å²) in [6, 6.07) is 8.39. The van der Waals surface area contributed by atoms with Gasteiger partial charge in [0.15, 0.2) is 0 Å². The Bertz CT molecular complexity index is 604. The highest BCUT2D eigenvalue weighted by molar-refractivity contribution is 5.93. The predicted octanol–water partition coefficient (Wildman–Crippen LogP) is 1.98. The zero-order valence-corrected chi connectivity index (χ0v) is 12.1. The molecule has 1 atom stereocenters. The van der Waals surface area contributed by atoms with E-state index in [1.807, 2.05) is 25.1 Å². The third kappa shape index (κ3) is 3.34. The Kier molecular flexibility index (Phi) is 3.56. The summed E-state index contributed by atoms with van der Waals surface area (Å²) in [4.78, 5) is 11.3. The molecule has 0 radical (unpaired) electrons. The van der Waals surface area contributed by atoms with E-state index in [4.69, 9.17) is 4.74 Å². The van der Waals surface area contributed by atoms with Gasteiger partial charge in [-0.05, 0) is 49.9 Å². The normalized spacial score (nSPS) is 19.9. The number of nitriles is 1. The summed E-state index contributed by atoms with van der Waals surface area (Å²) in [6.45, 7) is 2.18. The minimum atomic E-state index is -0.661. The first-order valence-electron chi connectivity index (χ1n) is 7.32. The zero-order valence-electron chi connectivity index (χ0n) is 12.1. The molecule has 0 saturated heterocycles. The highest BCUT2D eigenvalue weighted by atomic mass is 16.5. The quantitative estimate of drug-likeness (QED) is 0.867. The number of nitrogens with zero attached hydrogens (tertiary/aromatic N) is 1. The molecule has 0 spiro atoms. The van der Waals surface area contributed by atoms with Crippen molar-refractivity contribution in [2.45, 2.75) is 44.2 Å². The molecule has 2 aliphatic rings. The first-order valence-corrected chi connectivity index (χ1v) is 7.32. The Balaban J connectivity index is 1.65. The van der Waals surface area contributed by atoms with Crippen molar-refractivity contribution in [1.29, 1.82) is 5.26 Å². The van der Waals surface area contributed by atoms with Crippen molar-refractivity contribution in [1.82, 2.24) is 5.32 Å². The van der Waals surface area contributed by atoms with Crippen LogP contribution in [-0.4, -0.2) is 24.1 Å². The van der Waals surface area contributed by atoms with Crippen molar-refractivity contribution in [2.24, 2.45) is 0 Å². The number of fused-ring (bicyclic) bond motifs is 1. The molecule has 5 nitrogen and oxygen atoms in total. The van der Waals surface area contributed by atoms with Gasteiger partial charge in [0.25, 0.3) is 0 Å². The second-order valence-electron chi connectivity index (χ2n) is 6.02. The van der Waals surface area contributed by atoms with Gasteiger partial charge in [0.2, 0.25) is 5.91 Å². The van der Waals surface area contributed by atoms with Crippen LogP contribution in [0.4, 0.5) is 5.69 Å². The Morgan fingerprint density at radius 3 is 3.00 bits per heavy atom. The smallest absolute Gasteiger partial charge is 0.224 e. The molecule has 3 rings (SSSR count). The highest BCUT2D eigenvalue weighted by Crippen LogP contribution is 2.28. The summed E-state index contributed by atoms with van der Waals surface area (Å²) in [5.41, 5.74) is 1.28. The first kappa shape index (κ1) is 13.9. The van der Waals surface area contributed by atoms with Gasteiger partial charge in [-0.2, -0.15) is 5.26 Å². The van der Waals surface area contributed by atoms with Crippen LogP contribution in [0.5, 0.6) is 5.75 Å². The summed E-state index contributed by atoms with van der Waals surface area (Å²) < 4.78 is 5.79. The number of benzene rings is 1. The Morgan fingerprint density at radius 1 is 1.48 bits per heavy atom. The molecule has 0 aromatic heterocycles. The van der Waals surface area contributed by atoms with Crippen LogP contribution < -0.4 is 15.4 Å². The van der Waals surface area contributed by atoms with E-state index < -0.39 is 5.54 Å². The van der Waals surface area contributed by atoms with Crippen LogP contribution in [0.15, 0.2) is 18.2 Å². The van der Waals surface area contributed by atoms with Gasteiger partial charge in [-0.1, -0.05) is 0 Å². The number of hydrogen-bond donors (Lipinski definition) is 2. The van der Waals surface area contributed by atoms with Crippen LogP contribution in [-0.2, 0) is 11.2 Å². The van der Waals surface area contributed by atoms with Crippen molar-refractivity contribution < 1.29 is 9.53 Å². The number of carbonyl (C=O) groups excluding carboxylic acids is 1. The van der Waals surface area contributed by atoms with Crippen LogP contribution in [0.25, 0.3) is 0 Å². The molecule has 1 unspecified atom stereocenters. The lowest BCUT2D eigenvalue weighted by atomic mass is 10.0. The van der Waals surface area contributed by atoms with Crippen molar-refractivity contribution in [2.75, 3.05) is 11.9 Å². The summed E-state index contributed by atoms with van der Waals surface area (Å²) in [5, 5.41) is 15.5. The van der Waals surface area contributed by atoms with Crippen LogP contribution in [0.1, 0.15) is 31.7 Å². The second kappa shape index (κ2) is 5.38. The van der Waals surface area contributed by atoms with Gasteiger partial charge in [0.1, 0.15) is 17.9 Å². The largest absolute Gasteiger partial charge is 0.491 e. The van der Waals surface area contributed by atoms with Crippen LogP contribution in [0, 0.1) is 11.3 Å². The number of aryl methyl sites for hydroxylation is 1. The molecule has 1 aromatic carbocycles. The standard InChI is InChI=1S/C16H19N3O2/c1-16(9-17,19-12-3-4-12)10-21-13-5-6-14-11(8-13)2-7-15(20)18-14/h5-6,8,12,19H,2-4,7,10H2,1H3,(H,18,20). The van der Waals surface area contributed by atoms with E-state index in [0.717, 1.165) is 36.3 Å². The molecule has 1 amide bonds. The lowest BCUT2D eigenvalue weighted by molar-refractivity contribution is -0.116. The third-order valence-corrected chi connectivity index (χ3v) is 3.85. The maximum absolute atomic E-state index is 11.3. The average molecular weight is 285 g/mol. The maximum Gasteiger partial charge on any atom is 0.224 e. The van der Waals surface area contributed by atoms with Gasteiger partial charge in [-0.25, -0.2) is 0 Å². The summed E-state index contributed by atoms with van der Waals surface area (Å²) in [5.74, 6) is 0.797. The number of nitrogens with one attached hydrogen (secondary N) is 2. The van der Waals surface area contributed by atoms with E-state index in [0.29, 0.717) is 19.1 Å². The average Bonchev–Trinajstić information content (AvgIpc) is 3.29. The molecular weight excluding hydrogens is 266 g/mol. The number of amides is 1. The van der Waals surface area contributed by atoms with Crippen LogP contribution in [0.2, 0.25) is 0 Å². The Morgan fingerprint density at radius 2 is 2.29 bits per heavy atom. The van der Waals surface area contributed by atoms with E-state index in [1.54, 1.807) is 0 Å². The minimum Gasteiger partial charge on any atom is -0.491 e. The molecule has 2 N–H and O–H groups in total. The Labute approximate surface area is 124 Å². The van der Waals surface area contributed by atoms with Gasteiger partial charge >= 0.3 is 0 Å². The number of anilines is 1. The first-order chi connectivity index (χ1) is 10.1. The fourth-order valence-electron chi connectivity index (χ4n) is 2.46. The second-order valence-corrected chi connectivity index (χ2v) is 6.02. The zero-order chi connectivity index (χ0) is 14.9. The van der Waals surface area contributed by atoms with E-state index >= 15 is 0 Å². The summed E-state index contributed by atoms with van der Waals surface area (Å²) in [6.07, 6.45) is 3.51. The molecule has 110 valence electrons. The van der Waals surface area contributed by atoms with E-state index in [2.05, 4.69) is 16.7 Å². The lowest BCUT2D eigenvalue weighted by Crippen LogP contribution is -2.47. The van der Waals surface area contributed by atoms with E-state index in [-0.39, 0.29) is 5.91 Å². The lowest BCUT2D eigenvalue weighted by Gasteiger charge is -2.24. The molecule has 1 heterocycles. The summed E-state index contributed by atoms with van der Waals surface area (Å²) >= 11 is 0. The molecule has 1 aliphatic carbocycles. The van der Waals surface area contributed by atoms with Crippen molar-refractivity contribution in [3.63, 3.8) is 0 Å². The number of carbonyl (C=O) groups is 1. The van der Waals surface area contributed by atoms with Crippen molar-refractivity contribution >= 4 is 11.6 Å². The van der Waals surface area contributed by atoms with Crippen LogP contribution in [0.3, 0.4) is 0 Å². The van der Waals surface area contributed by atoms with Crippen molar-refractivity contribution in [3.8, 4) is 11.8 Å². The number of rotatable bonds is 5. The fourth-order valence-corrected chi connectivity index (χ4v) is 2.46. The topological polar surface area (TPSA) is 74.1 Å². The highest BCUT2D eigenvalue weighted by Gasteiger charge is 2.33. The number of ether oxygens (including phenoxy) is 1. The summed E-state index contributed by atoms with van der Waals surface area (Å²) in [7, 11) is 0. The third-order valence-electron chi connectivity index (χ3n) is 3.85. The molecule has 1 aromatic rings. The predicted molar refractivity (Wildman–Crippen MR) is 79.1 cm³/mol. The van der Waals surface area contributed by atoms with Gasteiger partial charge in [0.05, 0.1) is 6.07 Å². The molecule has 21 heavy (non-hydrogen) atoms. The van der Waals surface area contributed by atoms with Gasteiger partial charge in [-0.3, -0.25) is 10.1 Å². The van der Waals surface area contributed by atoms with Crippen molar-refractivity contribution in [3.05, 3.63) is 23.8 Å². The monoisotopic (exact) mass is 285 g/mol. The Hall–Kier alpha value is -2.06. The van der Waals surface area contributed by atoms with Gasteiger partial charge < -0.3 is 10.1 Å². The molecular formula is C16H19N3O2. The molecule has 0 bridgehead atoms. The number of hydrogen-bond acceptors (Lipinski definition) is 4. The van der Waals surface area contributed by atoms with E-state index in [9.17, 15) is 10.1 Å². The minimum absolute atomic E-state index is 0.0573. The maximum atomic E-state index is 11.3. The van der Waals surface area contributed by atoms with Gasteiger partial charge in [-0.15, -0.1) is 0 Å². The SMILES string of the molecule is CC(C#N)(COc1ccc2c(c1)CCC(=O)N2)NC1CC1. The molecule has 1 saturated carbocycles. The molecule has 5 heteroatoms. The van der Waals surface area contributed by atoms with E-state index in [1.165, 1.54) is 0 Å². The molecule has 1 aliphatic heterocycles. The van der Waals surface area contributed by atoms with Gasteiger partial charge in [0, 0.05) is 18.2 Å².